The number of hydrogen-bond donors (Lipinski definition) is 1. The van der Waals surface area contributed by atoms with Crippen LogP contribution in [-0.4, -0.2) is 26.9 Å². The van der Waals surface area contributed by atoms with E-state index in [1.807, 2.05) is 24.8 Å². The molecule has 0 unspecified atom stereocenters. The first kappa shape index (κ1) is 15.6. The highest BCUT2D eigenvalue weighted by atomic mass is 16.7. The molecule has 3 atom stereocenters. The Balaban J connectivity index is 1.71. The Bertz CT molecular complexity index is 875. The van der Waals surface area contributed by atoms with Gasteiger partial charge in [-0.25, -0.2) is 0 Å². The van der Waals surface area contributed by atoms with Gasteiger partial charge in [0.2, 0.25) is 0 Å². The van der Waals surface area contributed by atoms with Crippen molar-refractivity contribution in [3.8, 4) is 5.75 Å². The van der Waals surface area contributed by atoms with Crippen LogP contribution in [0.4, 0.5) is 5.88 Å². The zero-order valence-electron chi connectivity index (χ0n) is 13.7. The van der Waals surface area contributed by atoms with Crippen molar-refractivity contribution in [3.05, 3.63) is 57.3 Å². The molecule has 1 N–H and O–H groups in total. The van der Waals surface area contributed by atoms with Gasteiger partial charge in [-0.2, -0.15) is 0 Å². The Morgan fingerprint density at radius 1 is 1.32 bits per heavy atom. The van der Waals surface area contributed by atoms with Gasteiger partial charge in [0.15, 0.2) is 6.23 Å². The molecule has 8 heteroatoms. The first-order chi connectivity index (χ1) is 12.0. The molecule has 0 spiro atoms. The fourth-order valence-electron chi connectivity index (χ4n) is 3.65. The molecule has 0 fully saturated rings. The van der Waals surface area contributed by atoms with E-state index in [4.69, 9.17) is 9.25 Å². The minimum atomic E-state index is -0.557. The molecule has 0 amide bonds. The number of fused-ring (bicyclic) bond motifs is 3. The number of phenols is 1. The van der Waals surface area contributed by atoms with Gasteiger partial charge in [-0.15, -0.1) is 0 Å². The molecule has 0 bridgehead atoms. The van der Waals surface area contributed by atoms with Crippen molar-refractivity contribution in [3.63, 3.8) is 0 Å². The lowest BCUT2D eigenvalue weighted by Crippen LogP contribution is -2.45. The molecule has 25 heavy (non-hydrogen) atoms. The van der Waals surface area contributed by atoms with Crippen LogP contribution in [-0.2, 0) is 11.4 Å². The number of nitrogens with zero attached hydrogens (tertiary/aromatic N) is 3. The molecule has 0 aliphatic carbocycles. The summed E-state index contributed by atoms with van der Waals surface area (Å²) in [6.07, 6.45) is -0.309. The molecule has 0 radical (unpaired) electrons. The lowest BCUT2D eigenvalue weighted by Gasteiger charge is -2.41. The van der Waals surface area contributed by atoms with Crippen molar-refractivity contribution in [2.75, 3.05) is 0 Å². The van der Waals surface area contributed by atoms with Crippen LogP contribution < -0.4 is 0 Å². The Morgan fingerprint density at radius 3 is 2.84 bits per heavy atom. The number of furan rings is 1. The van der Waals surface area contributed by atoms with Crippen molar-refractivity contribution >= 4 is 11.6 Å². The topological polar surface area (TPSA) is 101 Å². The van der Waals surface area contributed by atoms with E-state index in [2.05, 4.69) is 5.16 Å². The Hall–Kier alpha value is -2.87. The van der Waals surface area contributed by atoms with Gasteiger partial charge < -0.3 is 14.4 Å². The number of rotatable bonds is 3. The lowest BCUT2D eigenvalue weighted by molar-refractivity contribution is -0.402. The highest BCUT2D eigenvalue weighted by Gasteiger charge is 2.45. The summed E-state index contributed by atoms with van der Waals surface area (Å²) in [5.41, 5.74) is 2.93. The van der Waals surface area contributed by atoms with Gasteiger partial charge in [0.25, 0.3) is 0 Å². The third-order valence-electron chi connectivity index (χ3n) is 4.89. The minimum absolute atomic E-state index is 0.0447. The summed E-state index contributed by atoms with van der Waals surface area (Å²) in [4.78, 5) is 17.9. The second-order valence-electron chi connectivity index (χ2n) is 6.36. The van der Waals surface area contributed by atoms with Gasteiger partial charge in [0, 0.05) is 6.04 Å². The summed E-state index contributed by atoms with van der Waals surface area (Å²) in [7, 11) is 0. The summed E-state index contributed by atoms with van der Waals surface area (Å²) >= 11 is 0. The third-order valence-corrected chi connectivity index (χ3v) is 4.89. The van der Waals surface area contributed by atoms with E-state index in [0.717, 1.165) is 16.8 Å². The highest BCUT2D eigenvalue weighted by molar-refractivity contribution is 5.90. The van der Waals surface area contributed by atoms with E-state index in [1.54, 1.807) is 18.2 Å². The monoisotopic (exact) mass is 343 g/mol. The molecule has 0 saturated carbocycles. The maximum absolute atomic E-state index is 10.8. The molecular formula is C17H17N3O5. The predicted molar refractivity (Wildman–Crippen MR) is 88.2 cm³/mol. The van der Waals surface area contributed by atoms with Crippen molar-refractivity contribution in [2.24, 2.45) is 5.16 Å². The van der Waals surface area contributed by atoms with Crippen LogP contribution in [0.2, 0.25) is 0 Å². The van der Waals surface area contributed by atoms with Crippen LogP contribution in [0.3, 0.4) is 0 Å². The van der Waals surface area contributed by atoms with E-state index < -0.39 is 4.92 Å². The van der Waals surface area contributed by atoms with E-state index in [-0.39, 0.29) is 29.8 Å². The quantitative estimate of drug-likeness (QED) is 0.678. The van der Waals surface area contributed by atoms with Gasteiger partial charge in [-0.05, 0) is 43.2 Å². The number of benzene rings is 1. The minimum Gasteiger partial charge on any atom is -0.508 e. The number of oxime groups is 1. The van der Waals surface area contributed by atoms with Gasteiger partial charge in [-0.1, -0.05) is 11.2 Å². The van der Waals surface area contributed by atoms with Crippen molar-refractivity contribution < 1.29 is 19.3 Å². The zero-order chi connectivity index (χ0) is 17.7. The molecule has 8 nitrogen and oxygen atoms in total. The van der Waals surface area contributed by atoms with Crippen LogP contribution >= 0.6 is 0 Å². The smallest absolute Gasteiger partial charge is 0.433 e. The zero-order valence-corrected chi connectivity index (χ0v) is 13.7. The average molecular weight is 343 g/mol. The summed E-state index contributed by atoms with van der Waals surface area (Å²) in [5.74, 6) is 0.353. The predicted octanol–water partition coefficient (Wildman–Crippen LogP) is 3.29. The van der Waals surface area contributed by atoms with E-state index in [9.17, 15) is 15.2 Å². The molecule has 4 rings (SSSR count). The molecule has 2 aliphatic rings. The molecule has 2 aromatic rings. The molecule has 2 aliphatic heterocycles. The first-order valence-electron chi connectivity index (χ1n) is 7.97. The van der Waals surface area contributed by atoms with Crippen molar-refractivity contribution in [2.45, 2.75) is 38.6 Å². The van der Waals surface area contributed by atoms with Crippen molar-refractivity contribution in [1.29, 1.82) is 0 Å². The first-order valence-corrected chi connectivity index (χ1v) is 7.97. The maximum Gasteiger partial charge on any atom is 0.433 e. The van der Waals surface area contributed by atoms with Gasteiger partial charge >= 0.3 is 5.88 Å². The molecule has 130 valence electrons. The van der Waals surface area contributed by atoms with Gasteiger partial charge in [-0.3, -0.25) is 15.0 Å². The number of aromatic hydroxyl groups is 1. The molecular weight excluding hydrogens is 326 g/mol. The van der Waals surface area contributed by atoms with Crippen LogP contribution in [0.1, 0.15) is 42.7 Å². The third kappa shape index (κ3) is 2.45. The van der Waals surface area contributed by atoms with Crippen LogP contribution in [0.5, 0.6) is 5.75 Å². The second kappa shape index (κ2) is 5.59. The van der Waals surface area contributed by atoms with Crippen LogP contribution in [0.15, 0.2) is 39.9 Å². The summed E-state index contributed by atoms with van der Waals surface area (Å²) in [6.45, 7) is 4.25. The maximum atomic E-state index is 10.8. The second-order valence-corrected chi connectivity index (χ2v) is 6.36. The summed E-state index contributed by atoms with van der Waals surface area (Å²) in [6, 6.07) is 8.19. The number of nitro groups is 1. The van der Waals surface area contributed by atoms with E-state index >= 15 is 0 Å². The number of hydrogen-bond acceptors (Lipinski definition) is 7. The fourth-order valence-corrected chi connectivity index (χ4v) is 3.65. The van der Waals surface area contributed by atoms with E-state index in [0.29, 0.717) is 12.3 Å². The summed E-state index contributed by atoms with van der Waals surface area (Å²) in [5, 5.41) is 24.8. The molecule has 0 saturated heterocycles. The Morgan fingerprint density at radius 2 is 2.12 bits per heavy atom. The van der Waals surface area contributed by atoms with E-state index in [1.165, 1.54) is 6.07 Å². The van der Waals surface area contributed by atoms with Gasteiger partial charge in [0.1, 0.15) is 16.4 Å². The standard InChI is InChI=1S/C17H17N3O5/c1-9-16-13-5-3-11(21)7-14(13)10(2)19(17(16)25-18-9)8-12-4-6-15(24-12)20(22)23/h3-7,10,16-17,21H,8H2,1-2H3/t10-,16-,17-/m1/s1. The SMILES string of the molecule is CC1=NO[C@@H]2[C@H]1c1ccc(O)cc1[C@@H](C)N2Cc1ccc([N+](=O)[O-])o1. The Labute approximate surface area is 143 Å². The largest absolute Gasteiger partial charge is 0.508 e. The molecule has 1 aromatic carbocycles. The van der Waals surface area contributed by atoms with Crippen molar-refractivity contribution in [1.82, 2.24) is 4.90 Å². The average Bonchev–Trinajstić information content (AvgIpc) is 3.19. The van der Waals surface area contributed by atoms with Gasteiger partial charge in [0.05, 0.1) is 24.2 Å². The Kier molecular flexibility index (Phi) is 3.50. The summed E-state index contributed by atoms with van der Waals surface area (Å²) < 4.78 is 5.30. The molecule has 1 aromatic heterocycles. The molecule has 3 heterocycles. The fraction of sp³-hybridized carbons (Fsp3) is 0.353. The lowest BCUT2D eigenvalue weighted by atomic mass is 9.82. The van der Waals surface area contributed by atoms with Crippen LogP contribution in [0, 0.1) is 10.1 Å². The normalized spacial score (nSPS) is 25.0. The van der Waals surface area contributed by atoms with Crippen LogP contribution in [0.25, 0.3) is 0 Å². The number of phenolic OH excluding ortho intramolecular Hbond substituents is 1. The highest BCUT2D eigenvalue weighted by Crippen LogP contribution is 2.45.